The van der Waals surface area contributed by atoms with E-state index in [1.165, 1.54) is 12.1 Å². The first-order chi connectivity index (χ1) is 16.9. The third-order valence-corrected chi connectivity index (χ3v) is 5.92. The molecule has 0 saturated carbocycles. The molecule has 0 fully saturated rings. The molecule has 2 aliphatic rings. The lowest BCUT2D eigenvalue weighted by Gasteiger charge is -2.27. The summed E-state index contributed by atoms with van der Waals surface area (Å²) in [5.41, 5.74) is 1.56. The van der Waals surface area contributed by atoms with E-state index in [1.807, 2.05) is 12.1 Å². The number of imide groups is 1. The number of anilines is 1. The molecule has 176 valence electrons. The van der Waals surface area contributed by atoms with E-state index in [0.29, 0.717) is 28.0 Å². The Morgan fingerprint density at radius 1 is 0.971 bits per heavy atom. The number of carbonyl (C=O) groups excluding carboxylic acids is 5. The van der Waals surface area contributed by atoms with Crippen LogP contribution < -0.4 is 10.1 Å². The van der Waals surface area contributed by atoms with Gasteiger partial charge in [0.05, 0.1) is 5.69 Å². The van der Waals surface area contributed by atoms with Crippen LogP contribution >= 0.6 is 0 Å². The first-order valence-electron chi connectivity index (χ1n) is 11.1. The number of nitrogens with one attached hydrogen (secondary N) is 1. The zero-order valence-electron chi connectivity index (χ0n) is 18.5. The molecule has 35 heavy (non-hydrogen) atoms. The smallest absolute Gasteiger partial charge is 0.306 e. The molecule has 2 heterocycles. The van der Waals surface area contributed by atoms with E-state index in [9.17, 15) is 24.0 Å². The Balaban J connectivity index is 1.15. The van der Waals surface area contributed by atoms with Crippen molar-refractivity contribution in [2.45, 2.75) is 12.8 Å². The minimum atomic E-state index is -0.618. The van der Waals surface area contributed by atoms with Crippen LogP contribution in [0.2, 0.25) is 0 Å². The molecule has 9 heteroatoms. The van der Waals surface area contributed by atoms with Crippen molar-refractivity contribution >= 4 is 45.9 Å². The molecule has 0 radical (unpaired) electrons. The number of Topliss-reactive ketones (excluding diaryl/α,β-unsaturated/α-hetero) is 1. The molecule has 0 spiro atoms. The third-order valence-electron chi connectivity index (χ3n) is 5.92. The Hall–Kier alpha value is -4.53. The van der Waals surface area contributed by atoms with Crippen LogP contribution in [0.3, 0.4) is 0 Å². The van der Waals surface area contributed by atoms with Crippen LogP contribution in [0, 0.1) is 0 Å². The van der Waals surface area contributed by atoms with E-state index in [-0.39, 0.29) is 37.5 Å². The van der Waals surface area contributed by atoms with Gasteiger partial charge in [-0.25, -0.2) is 0 Å². The molecule has 9 nitrogen and oxygen atoms in total. The minimum Gasteiger partial charge on any atom is -0.482 e. The summed E-state index contributed by atoms with van der Waals surface area (Å²) >= 11 is 0. The highest BCUT2D eigenvalue weighted by Crippen LogP contribution is 2.30. The number of benzene rings is 3. The normalized spacial score (nSPS) is 14.3. The van der Waals surface area contributed by atoms with Gasteiger partial charge in [0.2, 0.25) is 0 Å². The highest BCUT2D eigenvalue weighted by Gasteiger charge is 2.32. The summed E-state index contributed by atoms with van der Waals surface area (Å²) in [6.45, 7) is -0.506. The van der Waals surface area contributed by atoms with Crippen molar-refractivity contribution in [2.75, 3.05) is 25.1 Å². The summed E-state index contributed by atoms with van der Waals surface area (Å²) in [5.74, 6) is -1.71. The second-order valence-electron chi connectivity index (χ2n) is 8.21. The maximum atomic E-state index is 12.9. The van der Waals surface area contributed by atoms with Crippen molar-refractivity contribution < 1.29 is 33.4 Å². The van der Waals surface area contributed by atoms with Crippen molar-refractivity contribution in [1.29, 1.82) is 0 Å². The van der Waals surface area contributed by atoms with E-state index < -0.39 is 30.2 Å². The van der Waals surface area contributed by atoms with Gasteiger partial charge in [-0.1, -0.05) is 24.3 Å². The van der Waals surface area contributed by atoms with E-state index in [0.717, 1.165) is 10.3 Å². The largest absolute Gasteiger partial charge is 0.482 e. The van der Waals surface area contributed by atoms with Crippen molar-refractivity contribution in [3.05, 3.63) is 71.3 Å². The Bertz CT molecular complexity index is 1360. The second kappa shape index (κ2) is 9.02. The van der Waals surface area contributed by atoms with Gasteiger partial charge in [-0.2, -0.15) is 0 Å². The molecule has 5 rings (SSSR count). The SMILES string of the molecule is O=C1COc2ccc(C(=O)COC(=O)CCCN3C(=O)c4cccc5cccc(c45)C3=O)cc2N1. The fraction of sp³-hybridized carbons (Fsp3) is 0.192. The number of amides is 3. The predicted molar refractivity (Wildman–Crippen MR) is 124 cm³/mol. The van der Waals surface area contributed by atoms with Crippen molar-refractivity contribution in [3.8, 4) is 5.75 Å². The standard InChI is InChI=1S/C26H20N2O7/c29-20(16-9-10-21-19(12-16)27-22(30)14-34-21)13-35-23(31)8-3-11-28-25(32)17-6-1-4-15-5-2-7-18(24(15)17)26(28)33/h1-2,4-7,9-10,12H,3,8,11,13-14H2,(H,27,30). The van der Waals surface area contributed by atoms with E-state index in [1.54, 1.807) is 30.3 Å². The van der Waals surface area contributed by atoms with Gasteiger partial charge in [0, 0.05) is 35.0 Å². The average Bonchev–Trinajstić information content (AvgIpc) is 2.87. The maximum Gasteiger partial charge on any atom is 0.306 e. The zero-order valence-corrected chi connectivity index (χ0v) is 18.5. The van der Waals surface area contributed by atoms with Gasteiger partial charge in [-0.15, -0.1) is 0 Å². The molecule has 3 aromatic carbocycles. The molecular weight excluding hydrogens is 452 g/mol. The monoisotopic (exact) mass is 472 g/mol. The Morgan fingerprint density at radius 2 is 1.69 bits per heavy atom. The number of esters is 1. The third kappa shape index (κ3) is 4.23. The highest BCUT2D eigenvalue weighted by molar-refractivity contribution is 6.25. The lowest BCUT2D eigenvalue weighted by Crippen LogP contribution is -2.41. The van der Waals surface area contributed by atoms with Crippen LogP contribution in [0.1, 0.15) is 43.9 Å². The van der Waals surface area contributed by atoms with Gasteiger partial charge in [0.15, 0.2) is 19.0 Å². The summed E-state index contributed by atoms with van der Waals surface area (Å²) < 4.78 is 10.3. The van der Waals surface area contributed by atoms with Crippen LogP contribution in [0.25, 0.3) is 10.8 Å². The Labute approximate surface area is 199 Å². The molecule has 0 bridgehead atoms. The number of carbonyl (C=O) groups is 5. The highest BCUT2D eigenvalue weighted by atomic mass is 16.5. The first kappa shape index (κ1) is 22.3. The molecule has 1 N–H and O–H groups in total. The molecule has 0 aliphatic carbocycles. The number of nitrogens with zero attached hydrogens (tertiary/aromatic N) is 1. The Morgan fingerprint density at radius 3 is 2.40 bits per heavy atom. The lowest BCUT2D eigenvalue weighted by molar-refractivity contribution is -0.142. The molecule has 0 saturated heterocycles. The summed E-state index contributed by atoms with van der Waals surface area (Å²) in [6, 6.07) is 15.2. The van der Waals surface area contributed by atoms with Crippen molar-refractivity contribution in [3.63, 3.8) is 0 Å². The molecule has 3 aromatic rings. The number of ketones is 1. The molecule has 0 unspecified atom stereocenters. The van der Waals surface area contributed by atoms with Crippen LogP contribution in [0.4, 0.5) is 5.69 Å². The predicted octanol–water partition coefficient (Wildman–Crippen LogP) is 2.97. The van der Waals surface area contributed by atoms with Crippen LogP contribution in [-0.4, -0.2) is 54.1 Å². The van der Waals surface area contributed by atoms with Gasteiger partial charge in [0.1, 0.15) is 5.75 Å². The molecule has 2 aliphatic heterocycles. The van der Waals surface area contributed by atoms with Gasteiger partial charge in [0.25, 0.3) is 17.7 Å². The molecule has 0 atom stereocenters. The fourth-order valence-corrected chi connectivity index (χ4v) is 4.22. The van der Waals surface area contributed by atoms with Gasteiger partial charge in [-0.3, -0.25) is 28.9 Å². The van der Waals surface area contributed by atoms with Gasteiger partial charge < -0.3 is 14.8 Å². The quantitative estimate of drug-likeness (QED) is 0.319. The summed E-state index contributed by atoms with van der Waals surface area (Å²) in [6.07, 6.45) is 0.134. The molecule has 3 amide bonds. The van der Waals surface area contributed by atoms with Gasteiger partial charge in [-0.05, 0) is 42.1 Å². The van der Waals surface area contributed by atoms with E-state index in [2.05, 4.69) is 5.32 Å². The van der Waals surface area contributed by atoms with Crippen molar-refractivity contribution in [2.24, 2.45) is 0 Å². The number of ether oxygens (including phenoxy) is 2. The molecule has 0 aromatic heterocycles. The first-order valence-corrected chi connectivity index (χ1v) is 11.1. The van der Waals surface area contributed by atoms with Crippen LogP contribution in [0.15, 0.2) is 54.6 Å². The summed E-state index contributed by atoms with van der Waals surface area (Å²) in [7, 11) is 0. The van der Waals surface area contributed by atoms with Crippen LogP contribution in [0.5, 0.6) is 5.75 Å². The minimum absolute atomic E-state index is 0.0515. The lowest BCUT2D eigenvalue weighted by atomic mass is 9.94. The average molecular weight is 472 g/mol. The number of hydrogen-bond donors (Lipinski definition) is 1. The molecular formula is C26H20N2O7. The zero-order chi connectivity index (χ0) is 24.5. The van der Waals surface area contributed by atoms with Crippen LogP contribution in [-0.2, 0) is 14.3 Å². The van der Waals surface area contributed by atoms with Crippen molar-refractivity contribution in [1.82, 2.24) is 4.90 Å². The summed E-state index contributed by atoms with van der Waals surface area (Å²) in [5, 5.41) is 4.08. The van der Waals surface area contributed by atoms with Gasteiger partial charge >= 0.3 is 5.97 Å². The topological polar surface area (TPSA) is 119 Å². The van der Waals surface area contributed by atoms with E-state index in [4.69, 9.17) is 9.47 Å². The van der Waals surface area contributed by atoms with E-state index >= 15 is 0 Å². The number of rotatable bonds is 7. The summed E-state index contributed by atoms with van der Waals surface area (Å²) in [4.78, 5) is 62.9. The second-order valence-corrected chi connectivity index (χ2v) is 8.21. The number of hydrogen-bond acceptors (Lipinski definition) is 7. The number of fused-ring (bicyclic) bond motifs is 1. The Kier molecular flexibility index (Phi) is 5.74. The maximum absolute atomic E-state index is 12.9. The fourth-order valence-electron chi connectivity index (χ4n) is 4.22.